The molecule has 3 heterocycles. The maximum atomic E-state index is 13.4. The molecule has 8 heteroatoms. The van der Waals surface area contributed by atoms with Gasteiger partial charge in [-0.25, -0.2) is 14.4 Å². The number of ether oxygens (including phenoxy) is 2. The van der Waals surface area contributed by atoms with Gasteiger partial charge < -0.3 is 19.4 Å². The lowest BCUT2D eigenvalue weighted by Gasteiger charge is -2.36. The third-order valence-corrected chi connectivity index (χ3v) is 6.82. The highest BCUT2D eigenvalue weighted by Gasteiger charge is 2.28. The number of nitrogens with one attached hydrogen (secondary N) is 1. The molecule has 7 nitrogen and oxygen atoms in total. The molecule has 2 aromatic heterocycles. The van der Waals surface area contributed by atoms with E-state index < -0.39 is 0 Å². The van der Waals surface area contributed by atoms with Gasteiger partial charge in [-0.15, -0.1) is 0 Å². The van der Waals surface area contributed by atoms with E-state index in [9.17, 15) is 9.18 Å². The number of nitrogens with zero attached hydrogens (tertiary/aromatic N) is 3. The minimum atomic E-state index is -0.284. The Hall–Kier alpha value is -3.00. The van der Waals surface area contributed by atoms with Gasteiger partial charge in [0.05, 0.1) is 23.2 Å². The standard InChI is InChI=1S/C26H31FN4O3/c1-2-25(32)34-20-7-5-19(6-8-20)33-21-11-13-31(14-12-21)24-10-3-17(16-28-24)26-29-22-9-4-18(27)15-23(22)30-26/h3-4,9-10,15-16,19-21H,2,5-8,11-14H2,1H3,(H,29,30). The number of fused-ring (bicyclic) bond motifs is 1. The summed E-state index contributed by atoms with van der Waals surface area (Å²) < 4.78 is 25.3. The van der Waals surface area contributed by atoms with E-state index in [1.807, 2.05) is 25.3 Å². The van der Waals surface area contributed by atoms with Crippen LogP contribution in [0.3, 0.4) is 0 Å². The zero-order valence-corrected chi connectivity index (χ0v) is 19.5. The molecule has 0 amide bonds. The Kier molecular flexibility index (Phi) is 6.76. The number of anilines is 1. The topological polar surface area (TPSA) is 80.3 Å². The van der Waals surface area contributed by atoms with Gasteiger partial charge in [0.1, 0.15) is 23.6 Å². The van der Waals surface area contributed by atoms with Gasteiger partial charge in [-0.3, -0.25) is 4.79 Å². The monoisotopic (exact) mass is 466 g/mol. The molecule has 5 rings (SSSR count). The van der Waals surface area contributed by atoms with Crippen LogP contribution >= 0.6 is 0 Å². The number of H-pyrrole nitrogens is 1. The molecule has 1 saturated heterocycles. The number of benzene rings is 1. The van der Waals surface area contributed by atoms with Crippen LogP contribution in [0.5, 0.6) is 0 Å². The second kappa shape index (κ2) is 10.1. The van der Waals surface area contributed by atoms with Gasteiger partial charge in [0.2, 0.25) is 0 Å². The summed E-state index contributed by atoms with van der Waals surface area (Å²) in [6.07, 6.45) is 8.50. The molecule has 1 aromatic carbocycles. The lowest BCUT2D eigenvalue weighted by molar-refractivity contribution is -0.152. The Morgan fingerprint density at radius 1 is 1.06 bits per heavy atom. The average Bonchev–Trinajstić information content (AvgIpc) is 3.29. The third kappa shape index (κ3) is 5.22. The summed E-state index contributed by atoms with van der Waals surface area (Å²) in [7, 11) is 0. The Morgan fingerprint density at radius 3 is 2.50 bits per heavy atom. The van der Waals surface area contributed by atoms with Crippen molar-refractivity contribution in [2.24, 2.45) is 0 Å². The molecule has 1 N–H and O–H groups in total. The van der Waals surface area contributed by atoms with E-state index in [4.69, 9.17) is 9.47 Å². The third-order valence-electron chi connectivity index (χ3n) is 6.82. The van der Waals surface area contributed by atoms with Crippen molar-refractivity contribution in [1.29, 1.82) is 0 Å². The number of carbonyl (C=O) groups is 1. The van der Waals surface area contributed by atoms with Gasteiger partial charge in [0.15, 0.2) is 0 Å². The van der Waals surface area contributed by atoms with Crippen molar-refractivity contribution in [3.05, 3.63) is 42.3 Å². The Balaban J connectivity index is 1.11. The van der Waals surface area contributed by atoms with E-state index in [0.717, 1.165) is 68.5 Å². The van der Waals surface area contributed by atoms with Crippen LogP contribution in [0.4, 0.5) is 10.2 Å². The number of piperidine rings is 1. The van der Waals surface area contributed by atoms with Crippen molar-refractivity contribution < 1.29 is 18.7 Å². The molecule has 180 valence electrons. The molecule has 34 heavy (non-hydrogen) atoms. The summed E-state index contributed by atoms with van der Waals surface area (Å²) in [5, 5.41) is 0. The van der Waals surface area contributed by atoms with Gasteiger partial charge >= 0.3 is 5.97 Å². The molecule has 1 aliphatic carbocycles. The van der Waals surface area contributed by atoms with Crippen molar-refractivity contribution >= 4 is 22.8 Å². The SMILES string of the molecule is CCC(=O)OC1CCC(OC2CCN(c3ccc(-c4nc5ccc(F)cc5[nH]4)cn3)CC2)CC1. The van der Waals surface area contributed by atoms with Crippen molar-refractivity contribution in [2.45, 2.75) is 70.2 Å². The number of aromatic nitrogens is 3. The van der Waals surface area contributed by atoms with Crippen molar-refractivity contribution in [3.63, 3.8) is 0 Å². The molecule has 2 fully saturated rings. The normalized spacial score (nSPS) is 21.6. The zero-order valence-electron chi connectivity index (χ0n) is 19.5. The molecule has 1 saturated carbocycles. The minimum Gasteiger partial charge on any atom is -0.462 e. The number of esters is 1. The number of pyridine rings is 1. The number of rotatable bonds is 6. The van der Waals surface area contributed by atoms with Gasteiger partial charge in [-0.2, -0.15) is 0 Å². The summed E-state index contributed by atoms with van der Waals surface area (Å²) in [6, 6.07) is 8.56. The fourth-order valence-electron chi connectivity index (χ4n) is 4.88. The van der Waals surface area contributed by atoms with Crippen LogP contribution < -0.4 is 4.90 Å². The molecule has 0 unspecified atom stereocenters. The molecule has 0 bridgehead atoms. The number of imidazole rings is 1. The lowest BCUT2D eigenvalue weighted by Crippen LogP contribution is -2.40. The minimum absolute atomic E-state index is 0.0592. The van der Waals surface area contributed by atoms with Crippen molar-refractivity contribution in [1.82, 2.24) is 15.0 Å². The first kappa shape index (κ1) is 22.8. The molecule has 0 spiro atoms. The Bertz CT molecular complexity index is 1120. The molecule has 3 aromatic rings. The number of hydrogen-bond donors (Lipinski definition) is 1. The van der Waals surface area contributed by atoms with E-state index in [1.165, 1.54) is 12.1 Å². The first-order valence-corrected chi connectivity index (χ1v) is 12.3. The second-order valence-electron chi connectivity index (χ2n) is 9.22. The van der Waals surface area contributed by atoms with Gasteiger partial charge in [-0.1, -0.05) is 6.92 Å². The maximum Gasteiger partial charge on any atom is 0.305 e. The van der Waals surface area contributed by atoms with Crippen LogP contribution in [0.15, 0.2) is 36.5 Å². The van der Waals surface area contributed by atoms with Gasteiger partial charge in [0.25, 0.3) is 0 Å². The van der Waals surface area contributed by atoms with Crippen LogP contribution in [-0.2, 0) is 14.3 Å². The fourth-order valence-corrected chi connectivity index (χ4v) is 4.88. The lowest BCUT2D eigenvalue weighted by atomic mass is 9.94. The summed E-state index contributed by atoms with van der Waals surface area (Å²) in [5.41, 5.74) is 2.29. The van der Waals surface area contributed by atoms with Crippen molar-refractivity contribution in [3.8, 4) is 11.4 Å². The van der Waals surface area contributed by atoms with E-state index in [0.29, 0.717) is 17.8 Å². The predicted octanol–water partition coefficient (Wildman–Crippen LogP) is 5.01. The smallest absolute Gasteiger partial charge is 0.305 e. The molecule has 2 aliphatic rings. The highest BCUT2D eigenvalue weighted by molar-refractivity contribution is 5.79. The van der Waals surface area contributed by atoms with Crippen LogP contribution in [0.25, 0.3) is 22.4 Å². The number of halogens is 1. The van der Waals surface area contributed by atoms with Crippen LogP contribution in [0, 0.1) is 5.82 Å². The summed E-state index contributed by atoms with van der Waals surface area (Å²) in [4.78, 5) is 26.1. The van der Waals surface area contributed by atoms with E-state index in [1.54, 1.807) is 6.07 Å². The maximum absolute atomic E-state index is 13.4. The van der Waals surface area contributed by atoms with Crippen LogP contribution in [0.2, 0.25) is 0 Å². The first-order valence-electron chi connectivity index (χ1n) is 12.3. The van der Waals surface area contributed by atoms with Crippen LogP contribution in [-0.4, -0.2) is 52.3 Å². The van der Waals surface area contributed by atoms with Crippen molar-refractivity contribution in [2.75, 3.05) is 18.0 Å². The molecule has 0 atom stereocenters. The second-order valence-corrected chi connectivity index (χ2v) is 9.22. The predicted molar refractivity (Wildman–Crippen MR) is 128 cm³/mol. The Labute approximate surface area is 198 Å². The Morgan fingerprint density at radius 2 is 1.79 bits per heavy atom. The largest absolute Gasteiger partial charge is 0.462 e. The number of aromatic amines is 1. The van der Waals surface area contributed by atoms with Crippen LogP contribution in [0.1, 0.15) is 51.9 Å². The molecule has 1 aliphatic heterocycles. The highest BCUT2D eigenvalue weighted by atomic mass is 19.1. The quantitative estimate of drug-likeness (QED) is 0.514. The average molecular weight is 467 g/mol. The number of hydrogen-bond acceptors (Lipinski definition) is 6. The van der Waals surface area contributed by atoms with E-state index >= 15 is 0 Å². The van der Waals surface area contributed by atoms with Gasteiger partial charge in [-0.05, 0) is 68.9 Å². The highest BCUT2D eigenvalue weighted by Crippen LogP contribution is 2.28. The summed E-state index contributed by atoms with van der Waals surface area (Å²) >= 11 is 0. The summed E-state index contributed by atoms with van der Waals surface area (Å²) in [6.45, 7) is 3.64. The fraction of sp³-hybridized carbons (Fsp3) is 0.500. The number of carbonyl (C=O) groups excluding carboxylic acids is 1. The summed E-state index contributed by atoms with van der Waals surface area (Å²) in [5.74, 6) is 1.24. The van der Waals surface area contributed by atoms with E-state index in [-0.39, 0.29) is 30.1 Å². The molecule has 0 radical (unpaired) electrons. The molecular formula is C26H31FN4O3. The molecular weight excluding hydrogens is 435 g/mol. The first-order chi connectivity index (χ1) is 16.6. The van der Waals surface area contributed by atoms with Gasteiger partial charge in [0, 0.05) is 31.3 Å². The van der Waals surface area contributed by atoms with E-state index in [2.05, 4.69) is 19.9 Å². The zero-order chi connectivity index (χ0) is 23.5.